The number of amides is 2. The molecular weight excluding hydrogens is 414 g/mol. The highest BCUT2D eigenvalue weighted by Crippen LogP contribution is 2.38. The average molecular weight is 436 g/mol. The van der Waals surface area contributed by atoms with E-state index in [9.17, 15) is 14.4 Å². The normalized spacial score (nSPS) is 12.5. The number of carbonyl (C=O) groups excluding carboxylic acids is 3. The van der Waals surface area contributed by atoms with Crippen molar-refractivity contribution in [1.82, 2.24) is 4.98 Å². The highest BCUT2D eigenvalue weighted by atomic mass is 32.1. The number of ether oxygens (including phenoxy) is 1. The van der Waals surface area contributed by atoms with Crippen LogP contribution in [0, 0.1) is 0 Å². The van der Waals surface area contributed by atoms with Crippen LogP contribution in [0.5, 0.6) is 0 Å². The van der Waals surface area contributed by atoms with Crippen molar-refractivity contribution in [2.24, 2.45) is 0 Å². The van der Waals surface area contributed by atoms with E-state index in [4.69, 9.17) is 4.74 Å². The number of aryl methyl sites for hydroxylation is 1. The number of esters is 1. The molecule has 0 fully saturated rings. The second-order valence-electron chi connectivity index (χ2n) is 7.14. The standard InChI is InChI=1S/C23H21N3O4S/c1-30-23(29)14-6-4-8-16(12-14)25-21(28)19-17-9-2-3-10-18(17)31-22(19)26-20(27)15-7-5-11-24-13-15/h4-8,11-13H,2-3,9-10H2,1H3,(H,25,28)(H,26,27). The predicted octanol–water partition coefficient (Wildman–Crippen LogP) is 4.31. The van der Waals surface area contributed by atoms with Crippen molar-refractivity contribution in [3.05, 3.63) is 75.9 Å². The third kappa shape index (κ3) is 4.49. The van der Waals surface area contributed by atoms with Gasteiger partial charge in [-0.3, -0.25) is 14.6 Å². The number of aromatic nitrogens is 1. The molecule has 158 valence electrons. The zero-order chi connectivity index (χ0) is 21.8. The summed E-state index contributed by atoms with van der Waals surface area (Å²) in [5.74, 6) is -1.11. The minimum Gasteiger partial charge on any atom is -0.465 e. The molecule has 2 N–H and O–H groups in total. The van der Waals surface area contributed by atoms with Crippen LogP contribution in [0.15, 0.2) is 48.8 Å². The Kier molecular flexibility index (Phi) is 6.08. The van der Waals surface area contributed by atoms with Crippen LogP contribution in [0.2, 0.25) is 0 Å². The maximum atomic E-state index is 13.3. The number of hydrogen-bond donors (Lipinski definition) is 2. The number of rotatable bonds is 5. The topological polar surface area (TPSA) is 97.4 Å². The van der Waals surface area contributed by atoms with Gasteiger partial charge in [0, 0.05) is 23.0 Å². The molecule has 0 spiro atoms. The minimum atomic E-state index is -0.478. The van der Waals surface area contributed by atoms with Crippen molar-refractivity contribution in [2.75, 3.05) is 17.7 Å². The monoisotopic (exact) mass is 435 g/mol. The number of methoxy groups -OCH3 is 1. The molecule has 4 rings (SSSR count). The molecule has 8 heteroatoms. The van der Waals surface area contributed by atoms with Gasteiger partial charge in [-0.05, 0) is 61.6 Å². The molecule has 1 aromatic carbocycles. The van der Waals surface area contributed by atoms with Crippen molar-refractivity contribution in [2.45, 2.75) is 25.7 Å². The van der Waals surface area contributed by atoms with Crippen molar-refractivity contribution < 1.29 is 19.1 Å². The van der Waals surface area contributed by atoms with Gasteiger partial charge in [0.05, 0.1) is 23.8 Å². The molecule has 0 saturated carbocycles. The number of fused-ring (bicyclic) bond motifs is 1. The summed E-state index contributed by atoms with van der Waals surface area (Å²) >= 11 is 1.45. The molecule has 0 bridgehead atoms. The quantitative estimate of drug-likeness (QED) is 0.582. The van der Waals surface area contributed by atoms with Gasteiger partial charge in [-0.15, -0.1) is 11.3 Å². The number of hydrogen-bond acceptors (Lipinski definition) is 6. The van der Waals surface area contributed by atoms with E-state index in [2.05, 4.69) is 15.6 Å². The lowest BCUT2D eigenvalue weighted by molar-refractivity contribution is 0.0600. The van der Waals surface area contributed by atoms with Gasteiger partial charge in [-0.1, -0.05) is 6.07 Å². The molecule has 1 aliphatic rings. The lowest BCUT2D eigenvalue weighted by Gasteiger charge is -2.13. The number of pyridine rings is 1. The summed E-state index contributed by atoms with van der Waals surface area (Å²) in [5, 5.41) is 6.29. The molecule has 0 radical (unpaired) electrons. The van der Waals surface area contributed by atoms with E-state index in [1.165, 1.54) is 24.6 Å². The van der Waals surface area contributed by atoms with Crippen molar-refractivity contribution in [3.63, 3.8) is 0 Å². The van der Waals surface area contributed by atoms with Gasteiger partial charge in [-0.2, -0.15) is 0 Å². The van der Waals surface area contributed by atoms with E-state index in [-0.39, 0.29) is 11.8 Å². The second kappa shape index (κ2) is 9.09. The predicted molar refractivity (Wildman–Crippen MR) is 119 cm³/mol. The highest BCUT2D eigenvalue weighted by molar-refractivity contribution is 7.17. The fourth-order valence-corrected chi connectivity index (χ4v) is 4.88. The Hall–Kier alpha value is -3.52. The summed E-state index contributed by atoms with van der Waals surface area (Å²) in [6.45, 7) is 0. The summed E-state index contributed by atoms with van der Waals surface area (Å²) in [7, 11) is 1.31. The van der Waals surface area contributed by atoms with Crippen molar-refractivity contribution in [3.8, 4) is 0 Å². The Morgan fingerprint density at radius 2 is 1.81 bits per heavy atom. The van der Waals surface area contributed by atoms with Crippen LogP contribution in [0.1, 0.15) is 54.4 Å². The lowest BCUT2D eigenvalue weighted by Crippen LogP contribution is -2.19. The fourth-order valence-electron chi connectivity index (χ4n) is 3.60. The lowest BCUT2D eigenvalue weighted by atomic mass is 9.95. The third-order valence-electron chi connectivity index (χ3n) is 5.09. The van der Waals surface area contributed by atoms with Gasteiger partial charge < -0.3 is 15.4 Å². The molecule has 7 nitrogen and oxygen atoms in total. The third-order valence-corrected chi connectivity index (χ3v) is 6.30. The molecule has 2 amide bonds. The molecule has 0 aliphatic heterocycles. The van der Waals surface area contributed by atoms with E-state index >= 15 is 0 Å². The Bertz CT molecular complexity index is 1140. The highest BCUT2D eigenvalue weighted by Gasteiger charge is 2.27. The Morgan fingerprint density at radius 1 is 1.00 bits per heavy atom. The van der Waals surface area contributed by atoms with Gasteiger partial charge in [0.1, 0.15) is 5.00 Å². The molecule has 2 aromatic heterocycles. The molecule has 0 unspecified atom stereocenters. The van der Waals surface area contributed by atoms with Crippen LogP contribution in [0.25, 0.3) is 0 Å². The van der Waals surface area contributed by atoms with Gasteiger partial charge >= 0.3 is 5.97 Å². The average Bonchev–Trinajstić information content (AvgIpc) is 3.17. The first-order valence-electron chi connectivity index (χ1n) is 9.92. The van der Waals surface area contributed by atoms with Gasteiger partial charge in [0.15, 0.2) is 0 Å². The van der Waals surface area contributed by atoms with E-state index in [0.29, 0.717) is 27.4 Å². The summed E-state index contributed by atoms with van der Waals surface area (Å²) in [6.07, 6.45) is 6.83. The molecule has 3 aromatic rings. The van der Waals surface area contributed by atoms with E-state index in [1.807, 2.05) is 0 Å². The maximum absolute atomic E-state index is 13.3. The SMILES string of the molecule is COC(=O)c1cccc(NC(=O)c2c(NC(=O)c3cccnc3)sc3c2CCCC3)c1. The summed E-state index contributed by atoms with van der Waals surface area (Å²) in [4.78, 5) is 42.8. The van der Waals surface area contributed by atoms with Crippen LogP contribution >= 0.6 is 11.3 Å². The first kappa shape index (κ1) is 20.7. The second-order valence-corrected chi connectivity index (χ2v) is 8.24. The van der Waals surface area contributed by atoms with Gasteiger partial charge in [-0.25, -0.2) is 4.79 Å². The number of anilines is 2. The largest absolute Gasteiger partial charge is 0.465 e. The number of thiophene rings is 1. The molecular formula is C23H21N3O4S. The summed E-state index contributed by atoms with van der Waals surface area (Å²) in [5.41, 5.74) is 2.72. The smallest absolute Gasteiger partial charge is 0.337 e. The van der Waals surface area contributed by atoms with E-state index < -0.39 is 5.97 Å². The first-order valence-corrected chi connectivity index (χ1v) is 10.7. The molecule has 1 aliphatic carbocycles. The summed E-state index contributed by atoms with van der Waals surface area (Å²) in [6, 6.07) is 9.93. The Labute approximate surface area is 183 Å². The van der Waals surface area contributed by atoms with Crippen molar-refractivity contribution >= 4 is 39.8 Å². The van der Waals surface area contributed by atoms with E-state index in [0.717, 1.165) is 36.1 Å². The zero-order valence-electron chi connectivity index (χ0n) is 16.9. The molecule has 2 heterocycles. The van der Waals surface area contributed by atoms with Crippen LogP contribution < -0.4 is 10.6 Å². The number of nitrogens with one attached hydrogen (secondary N) is 2. The van der Waals surface area contributed by atoms with E-state index in [1.54, 1.807) is 42.6 Å². The first-order chi connectivity index (χ1) is 15.1. The number of carbonyl (C=O) groups is 3. The van der Waals surface area contributed by atoms with Crippen LogP contribution in [0.3, 0.4) is 0 Å². The van der Waals surface area contributed by atoms with Gasteiger partial charge in [0.25, 0.3) is 11.8 Å². The molecule has 31 heavy (non-hydrogen) atoms. The summed E-state index contributed by atoms with van der Waals surface area (Å²) < 4.78 is 4.75. The minimum absolute atomic E-state index is 0.312. The van der Waals surface area contributed by atoms with Crippen LogP contribution in [-0.2, 0) is 17.6 Å². The van der Waals surface area contributed by atoms with Crippen LogP contribution in [-0.4, -0.2) is 29.9 Å². The molecule has 0 atom stereocenters. The Balaban J connectivity index is 1.64. The number of benzene rings is 1. The van der Waals surface area contributed by atoms with Gasteiger partial charge in [0.2, 0.25) is 0 Å². The fraction of sp³-hybridized carbons (Fsp3) is 0.217. The van der Waals surface area contributed by atoms with Crippen molar-refractivity contribution in [1.29, 1.82) is 0 Å². The Morgan fingerprint density at radius 3 is 2.58 bits per heavy atom. The van der Waals surface area contributed by atoms with Crippen LogP contribution in [0.4, 0.5) is 10.7 Å². The zero-order valence-corrected chi connectivity index (χ0v) is 17.8. The number of nitrogens with zero attached hydrogens (tertiary/aromatic N) is 1. The molecule has 0 saturated heterocycles. The maximum Gasteiger partial charge on any atom is 0.337 e.